The molecule has 2 fully saturated rings. The monoisotopic (exact) mass is 223 g/mol. The van der Waals surface area contributed by atoms with Gasteiger partial charge in [0.2, 0.25) is 0 Å². The predicted octanol–water partition coefficient (Wildman–Crippen LogP) is 4.27. The Morgan fingerprint density at radius 3 is 1.88 bits per heavy atom. The van der Waals surface area contributed by atoms with E-state index in [0.717, 1.165) is 18.0 Å². The normalized spacial score (nSPS) is 27.6. The zero-order valence-corrected chi connectivity index (χ0v) is 11.0. The molecule has 2 aliphatic rings. The molecule has 2 saturated carbocycles. The van der Waals surface area contributed by atoms with Crippen molar-refractivity contribution in [2.45, 2.75) is 89.6 Å². The van der Waals surface area contributed by atoms with Gasteiger partial charge < -0.3 is 5.32 Å². The van der Waals surface area contributed by atoms with Crippen LogP contribution in [-0.2, 0) is 0 Å². The first-order valence-corrected chi connectivity index (χ1v) is 7.62. The zero-order chi connectivity index (χ0) is 11.2. The first-order valence-electron chi connectivity index (χ1n) is 7.62. The van der Waals surface area contributed by atoms with E-state index >= 15 is 0 Å². The third-order valence-corrected chi connectivity index (χ3v) is 4.71. The molecular weight excluding hydrogens is 194 g/mol. The van der Waals surface area contributed by atoms with Gasteiger partial charge in [0.05, 0.1) is 0 Å². The van der Waals surface area contributed by atoms with Gasteiger partial charge in [0.25, 0.3) is 0 Å². The average Bonchev–Trinajstić information content (AvgIpc) is 2.59. The van der Waals surface area contributed by atoms with E-state index in [9.17, 15) is 0 Å². The van der Waals surface area contributed by atoms with Crippen LogP contribution in [0.25, 0.3) is 0 Å². The van der Waals surface area contributed by atoms with Crippen molar-refractivity contribution in [3.05, 3.63) is 0 Å². The molecule has 0 aliphatic heterocycles. The van der Waals surface area contributed by atoms with E-state index in [4.69, 9.17) is 0 Å². The topological polar surface area (TPSA) is 12.0 Å². The second-order valence-electron chi connectivity index (χ2n) is 6.04. The molecule has 0 unspecified atom stereocenters. The lowest BCUT2D eigenvalue weighted by molar-refractivity contribution is 0.274. The molecule has 1 nitrogen and oxygen atoms in total. The maximum Gasteiger partial charge on any atom is 0.00696 e. The summed E-state index contributed by atoms with van der Waals surface area (Å²) < 4.78 is 0. The summed E-state index contributed by atoms with van der Waals surface area (Å²) in [4.78, 5) is 0. The van der Waals surface area contributed by atoms with E-state index < -0.39 is 0 Å². The largest absolute Gasteiger partial charge is 0.311 e. The van der Waals surface area contributed by atoms with Crippen LogP contribution in [0, 0.1) is 5.92 Å². The Balaban J connectivity index is 1.74. The third kappa shape index (κ3) is 3.76. The van der Waals surface area contributed by atoms with Crippen molar-refractivity contribution in [2.75, 3.05) is 0 Å². The van der Waals surface area contributed by atoms with Gasteiger partial charge in [0.15, 0.2) is 0 Å². The van der Waals surface area contributed by atoms with Crippen molar-refractivity contribution >= 4 is 0 Å². The quantitative estimate of drug-likeness (QED) is 0.705. The molecule has 0 aromatic rings. The molecule has 1 atom stereocenters. The standard InChI is InChI=1S/C15H29N/c1-13(14-9-5-2-3-6-10-14)16-15-11-7-4-8-12-15/h13-16H,2-12H2,1H3/t13-/m0/s1. The number of nitrogens with one attached hydrogen (secondary N) is 1. The van der Waals surface area contributed by atoms with Crippen LogP contribution in [0.3, 0.4) is 0 Å². The van der Waals surface area contributed by atoms with Crippen molar-refractivity contribution in [2.24, 2.45) is 5.92 Å². The molecule has 1 N–H and O–H groups in total. The second-order valence-corrected chi connectivity index (χ2v) is 6.04. The molecule has 16 heavy (non-hydrogen) atoms. The Kier molecular flexibility index (Phi) is 5.15. The Morgan fingerprint density at radius 1 is 0.750 bits per heavy atom. The van der Waals surface area contributed by atoms with Gasteiger partial charge in [-0.3, -0.25) is 0 Å². The van der Waals surface area contributed by atoms with Crippen LogP contribution >= 0.6 is 0 Å². The lowest BCUT2D eigenvalue weighted by Gasteiger charge is -2.31. The molecule has 0 heterocycles. The van der Waals surface area contributed by atoms with Crippen molar-refractivity contribution in [1.29, 1.82) is 0 Å². The van der Waals surface area contributed by atoms with E-state index in [1.54, 1.807) is 0 Å². The Labute approximate surface area is 101 Å². The minimum absolute atomic E-state index is 0.765. The zero-order valence-electron chi connectivity index (χ0n) is 11.0. The molecular formula is C15H29N. The summed E-state index contributed by atoms with van der Waals surface area (Å²) in [6, 6.07) is 1.60. The van der Waals surface area contributed by atoms with E-state index in [1.165, 1.54) is 70.6 Å². The molecule has 0 aromatic heterocycles. The fourth-order valence-corrected chi connectivity index (χ4v) is 3.59. The highest BCUT2D eigenvalue weighted by molar-refractivity contribution is 4.80. The lowest BCUT2D eigenvalue weighted by Crippen LogP contribution is -2.41. The molecule has 0 radical (unpaired) electrons. The fourth-order valence-electron chi connectivity index (χ4n) is 3.59. The molecule has 0 saturated heterocycles. The number of hydrogen-bond acceptors (Lipinski definition) is 1. The van der Waals surface area contributed by atoms with Crippen LogP contribution < -0.4 is 5.32 Å². The maximum absolute atomic E-state index is 3.92. The molecule has 0 amide bonds. The van der Waals surface area contributed by atoms with Crippen LogP contribution in [-0.4, -0.2) is 12.1 Å². The minimum Gasteiger partial charge on any atom is -0.311 e. The van der Waals surface area contributed by atoms with Gasteiger partial charge in [-0.1, -0.05) is 44.9 Å². The Hall–Kier alpha value is -0.0400. The van der Waals surface area contributed by atoms with Gasteiger partial charge in [-0.15, -0.1) is 0 Å². The summed E-state index contributed by atoms with van der Waals surface area (Å²) in [5, 5.41) is 3.92. The average molecular weight is 223 g/mol. The molecule has 2 aliphatic carbocycles. The van der Waals surface area contributed by atoms with Gasteiger partial charge in [-0.2, -0.15) is 0 Å². The molecule has 2 rings (SSSR count). The first kappa shape index (κ1) is 12.4. The maximum atomic E-state index is 3.92. The summed E-state index contributed by atoms with van der Waals surface area (Å²) in [5.74, 6) is 0.962. The summed E-state index contributed by atoms with van der Waals surface area (Å²) in [7, 11) is 0. The fraction of sp³-hybridized carbons (Fsp3) is 1.00. The third-order valence-electron chi connectivity index (χ3n) is 4.71. The number of rotatable bonds is 3. The van der Waals surface area contributed by atoms with Gasteiger partial charge in [0.1, 0.15) is 0 Å². The van der Waals surface area contributed by atoms with Crippen molar-refractivity contribution in [1.82, 2.24) is 5.32 Å². The van der Waals surface area contributed by atoms with Gasteiger partial charge in [-0.25, -0.2) is 0 Å². The highest BCUT2D eigenvalue weighted by atomic mass is 14.9. The van der Waals surface area contributed by atoms with Gasteiger partial charge in [-0.05, 0) is 38.5 Å². The van der Waals surface area contributed by atoms with Crippen molar-refractivity contribution in [3.8, 4) is 0 Å². The first-order chi connectivity index (χ1) is 7.86. The molecule has 94 valence electrons. The Morgan fingerprint density at radius 2 is 1.25 bits per heavy atom. The van der Waals surface area contributed by atoms with Crippen LogP contribution in [0.2, 0.25) is 0 Å². The minimum atomic E-state index is 0.765. The molecule has 0 bridgehead atoms. The van der Waals surface area contributed by atoms with Gasteiger partial charge in [0, 0.05) is 12.1 Å². The Bertz CT molecular complexity index is 176. The highest BCUT2D eigenvalue weighted by Gasteiger charge is 2.22. The smallest absolute Gasteiger partial charge is 0.00696 e. The SMILES string of the molecule is C[C@H](NC1CCCCC1)C1CCCCCC1. The lowest BCUT2D eigenvalue weighted by atomic mass is 9.90. The van der Waals surface area contributed by atoms with E-state index in [1.807, 2.05) is 0 Å². The molecule has 0 spiro atoms. The van der Waals surface area contributed by atoms with Crippen LogP contribution in [0.15, 0.2) is 0 Å². The predicted molar refractivity (Wildman–Crippen MR) is 70.7 cm³/mol. The van der Waals surface area contributed by atoms with E-state index in [-0.39, 0.29) is 0 Å². The van der Waals surface area contributed by atoms with Crippen LogP contribution in [0.1, 0.15) is 77.6 Å². The number of hydrogen-bond donors (Lipinski definition) is 1. The summed E-state index contributed by atoms with van der Waals surface area (Å²) in [6.07, 6.45) is 16.1. The molecule has 0 aromatic carbocycles. The van der Waals surface area contributed by atoms with Crippen LogP contribution in [0.4, 0.5) is 0 Å². The van der Waals surface area contributed by atoms with Gasteiger partial charge >= 0.3 is 0 Å². The summed E-state index contributed by atoms with van der Waals surface area (Å²) in [6.45, 7) is 2.44. The van der Waals surface area contributed by atoms with Crippen molar-refractivity contribution < 1.29 is 0 Å². The summed E-state index contributed by atoms with van der Waals surface area (Å²) >= 11 is 0. The highest BCUT2D eigenvalue weighted by Crippen LogP contribution is 2.27. The summed E-state index contributed by atoms with van der Waals surface area (Å²) in [5.41, 5.74) is 0. The van der Waals surface area contributed by atoms with E-state index in [0.29, 0.717) is 0 Å². The molecule has 1 heteroatoms. The van der Waals surface area contributed by atoms with Crippen molar-refractivity contribution in [3.63, 3.8) is 0 Å². The van der Waals surface area contributed by atoms with Crippen LogP contribution in [0.5, 0.6) is 0 Å². The van der Waals surface area contributed by atoms with E-state index in [2.05, 4.69) is 12.2 Å². The second kappa shape index (κ2) is 6.64.